The number of benzene rings is 1. The highest BCUT2D eigenvalue weighted by molar-refractivity contribution is 5.27. The summed E-state index contributed by atoms with van der Waals surface area (Å²) in [5.74, 6) is -0.115. The predicted molar refractivity (Wildman–Crippen MR) is 76.2 cm³/mol. The molecular formula is C16H24FN. The molecule has 1 unspecified atom stereocenters. The molecule has 0 spiro atoms. The second-order valence-corrected chi connectivity index (χ2v) is 5.03. The van der Waals surface area contributed by atoms with E-state index in [9.17, 15) is 4.39 Å². The lowest BCUT2D eigenvalue weighted by Gasteiger charge is -2.20. The van der Waals surface area contributed by atoms with Crippen molar-refractivity contribution in [1.82, 2.24) is 5.32 Å². The van der Waals surface area contributed by atoms with Crippen LogP contribution in [-0.2, 0) is 0 Å². The first-order valence-electron chi connectivity index (χ1n) is 6.68. The Morgan fingerprint density at radius 1 is 1.44 bits per heavy atom. The highest BCUT2D eigenvalue weighted by Crippen LogP contribution is 2.24. The minimum Gasteiger partial charge on any atom is -0.310 e. The van der Waals surface area contributed by atoms with Gasteiger partial charge in [-0.25, -0.2) is 4.39 Å². The van der Waals surface area contributed by atoms with E-state index < -0.39 is 0 Å². The SMILES string of the molecule is C=C(C)CCC(NCCC)c1cc(C)ccc1F. The Balaban J connectivity index is 2.85. The molecule has 0 amide bonds. The number of hydrogen-bond donors (Lipinski definition) is 1. The van der Waals surface area contributed by atoms with Crippen LogP contribution >= 0.6 is 0 Å². The Bertz CT molecular complexity index is 398. The van der Waals surface area contributed by atoms with Gasteiger partial charge in [-0.3, -0.25) is 0 Å². The molecule has 1 N–H and O–H groups in total. The molecule has 0 saturated heterocycles. The molecule has 2 heteroatoms. The standard InChI is InChI=1S/C16H24FN/c1-5-10-18-16(9-6-12(2)3)14-11-13(4)7-8-15(14)17/h7-8,11,16,18H,2,5-6,9-10H2,1,3-4H3. The van der Waals surface area contributed by atoms with Gasteiger partial charge < -0.3 is 5.32 Å². The zero-order chi connectivity index (χ0) is 13.5. The van der Waals surface area contributed by atoms with Crippen LogP contribution in [0.25, 0.3) is 0 Å². The summed E-state index contributed by atoms with van der Waals surface area (Å²) >= 11 is 0. The van der Waals surface area contributed by atoms with Crippen LogP contribution < -0.4 is 5.32 Å². The predicted octanol–water partition coefficient (Wildman–Crippen LogP) is 4.53. The normalized spacial score (nSPS) is 12.4. The molecule has 18 heavy (non-hydrogen) atoms. The van der Waals surface area contributed by atoms with E-state index in [-0.39, 0.29) is 11.9 Å². The van der Waals surface area contributed by atoms with Crippen molar-refractivity contribution in [1.29, 1.82) is 0 Å². The monoisotopic (exact) mass is 249 g/mol. The number of nitrogens with one attached hydrogen (secondary N) is 1. The summed E-state index contributed by atoms with van der Waals surface area (Å²) in [6.45, 7) is 11.0. The summed E-state index contributed by atoms with van der Waals surface area (Å²) in [7, 11) is 0. The van der Waals surface area contributed by atoms with E-state index in [1.807, 2.05) is 26.0 Å². The van der Waals surface area contributed by atoms with Gasteiger partial charge >= 0.3 is 0 Å². The Morgan fingerprint density at radius 3 is 2.78 bits per heavy atom. The van der Waals surface area contributed by atoms with Crippen molar-refractivity contribution in [3.05, 3.63) is 47.3 Å². The smallest absolute Gasteiger partial charge is 0.127 e. The second-order valence-electron chi connectivity index (χ2n) is 5.03. The number of aryl methyl sites for hydroxylation is 1. The molecule has 0 saturated carbocycles. The molecule has 1 nitrogen and oxygen atoms in total. The fraction of sp³-hybridized carbons (Fsp3) is 0.500. The van der Waals surface area contributed by atoms with Gasteiger partial charge in [0, 0.05) is 11.6 Å². The van der Waals surface area contributed by atoms with Gasteiger partial charge in [-0.05, 0) is 45.7 Å². The lowest BCUT2D eigenvalue weighted by molar-refractivity contribution is 0.473. The summed E-state index contributed by atoms with van der Waals surface area (Å²) in [6, 6.07) is 5.41. The van der Waals surface area contributed by atoms with Crippen LogP contribution in [0, 0.1) is 12.7 Å². The van der Waals surface area contributed by atoms with Crippen molar-refractivity contribution < 1.29 is 4.39 Å². The van der Waals surface area contributed by atoms with Crippen LogP contribution in [0.2, 0.25) is 0 Å². The lowest BCUT2D eigenvalue weighted by Crippen LogP contribution is -2.23. The van der Waals surface area contributed by atoms with E-state index in [4.69, 9.17) is 0 Å². The molecule has 0 aliphatic carbocycles. The molecule has 0 fully saturated rings. The Hall–Kier alpha value is -1.15. The van der Waals surface area contributed by atoms with E-state index >= 15 is 0 Å². The lowest BCUT2D eigenvalue weighted by atomic mass is 9.97. The van der Waals surface area contributed by atoms with Gasteiger partial charge in [-0.1, -0.05) is 30.2 Å². The number of halogens is 1. The maximum absolute atomic E-state index is 13.9. The van der Waals surface area contributed by atoms with Gasteiger partial charge in [0.15, 0.2) is 0 Å². The summed E-state index contributed by atoms with van der Waals surface area (Å²) in [5.41, 5.74) is 3.03. The highest BCUT2D eigenvalue weighted by Gasteiger charge is 2.15. The topological polar surface area (TPSA) is 12.0 Å². The molecular weight excluding hydrogens is 225 g/mol. The number of allylic oxidation sites excluding steroid dienone is 1. The molecule has 0 bridgehead atoms. The summed E-state index contributed by atoms with van der Waals surface area (Å²) < 4.78 is 13.9. The third-order valence-corrected chi connectivity index (χ3v) is 3.03. The molecule has 0 aliphatic heterocycles. The third-order valence-electron chi connectivity index (χ3n) is 3.03. The average Bonchev–Trinajstić information content (AvgIpc) is 2.32. The zero-order valence-corrected chi connectivity index (χ0v) is 11.7. The van der Waals surface area contributed by atoms with Gasteiger partial charge in [0.05, 0.1) is 0 Å². The quantitative estimate of drug-likeness (QED) is 0.700. The van der Waals surface area contributed by atoms with Gasteiger partial charge in [0.25, 0.3) is 0 Å². The van der Waals surface area contributed by atoms with Gasteiger partial charge in [0.2, 0.25) is 0 Å². The Kier molecular flexibility index (Phi) is 6.06. The molecule has 1 aromatic rings. The van der Waals surface area contributed by atoms with E-state index in [1.165, 1.54) is 0 Å². The van der Waals surface area contributed by atoms with E-state index in [0.29, 0.717) is 0 Å². The minimum absolute atomic E-state index is 0.0848. The highest BCUT2D eigenvalue weighted by atomic mass is 19.1. The maximum atomic E-state index is 13.9. The Morgan fingerprint density at radius 2 is 2.17 bits per heavy atom. The molecule has 1 aromatic carbocycles. The second kappa shape index (κ2) is 7.32. The maximum Gasteiger partial charge on any atom is 0.127 e. The Labute approximate surface area is 110 Å². The molecule has 1 atom stereocenters. The van der Waals surface area contributed by atoms with Crippen LogP contribution in [-0.4, -0.2) is 6.54 Å². The van der Waals surface area contributed by atoms with Crippen LogP contribution in [0.3, 0.4) is 0 Å². The number of rotatable bonds is 7. The van der Waals surface area contributed by atoms with E-state index in [1.54, 1.807) is 6.07 Å². The van der Waals surface area contributed by atoms with Crippen LogP contribution in [0.4, 0.5) is 4.39 Å². The fourth-order valence-corrected chi connectivity index (χ4v) is 2.01. The van der Waals surface area contributed by atoms with E-state index in [2.05, 4.69) is 18.8 Å². The average molecular weight is 249 g/mol. The zero-order valence-electron chi connectivity index (χ0n) is 11.7. The largest absolute Gasteiger partial charge is 0.310 e. The summed E-state index contributed by atoms with van der Waals surface area (Å²) in [4.78, 5) is 0. The molecule has 0 aliphatic rings. The number of hydrogen-bond acceptors (Lipinski definition) is 1. The first kappa shape index (κ1) is 14.9. The first-order chi connectivity index (χ1) is 8.54. The van der Waals surface area contributed by atoms with Gasteiger partial charge in [-0.15, -0.1) is 6.58 Å². The molecule has 0 heterocycles. The van der Waals surface area contributed by atoms with Crippen LogP contribution in [0.5, 0.6) is 0 Å². The van der Waals surface area contributed by atoms with Crippen LogP contribution in [0.15, 0.2) is 30.4 Å². The molecule has 1 rings (SSSR count). The van der Waals surface area contributed by atoms with Crippen molar-refractivity contribution in [2.24, 2.45) is 0 Å². The third kappa shape index (κ3) is 4.61. The summed E-state index contributed by atoms with van der Waals surface area (Å²) in [6.07, 6.45) is 2.88. The van der Waals surface area contributed by atoms with Crippen molar-refractivity contribution >= 4 is 0 Å². The van der Waals surface area contributed by atoms with E-state index in [0.717, 1.165) is 42.5 Å². The summed E-state index contributed by atoms with van der Waals surface area (Å²) in [5, 5.41) is 3.43. The van der Waals surface area contributed by atoms with Gasteiger partial charge in [0.1, 0.15) is 5.82 Å². The van der Waals surface area contributed by atoms with Crippen LogP contribution in [0.1, 0.15) is 50.3 Å². The van der Waals surface area contributed by atoms with Crippen molar-refractivity contribution in [2.75, 3.05) is 6.54 Å². The molecule has 0 radical (unpaired) electrons. The van der Waals surface area contributed by atoms with Crippen molar-refractivity contribution in [3.8, 4) is 0 Å². The van der Waals surface area contributed by atoms with Crippen molar-refractivity contribution in [3.63, 3.8) is 0 Å². The van der Waals surface area contributed by atoms with Crippen molar-refractivity contribution in [2.45, 2.75) is 46.1 Å². The first-order valence-corrected chi connectivity index (χ1v) is 6.68. The minimum atomic E-state index is -0.115. The fourth-order valence-electron chi connectivity index (χ4n) is 2.01. The molecule has 100 valence electrons. The van der Waals surface area contributed by atoms with Gasteiger partial charge in [-0.2, -0.15) is 0 Å². The molecule has 0 aromatic heterocycles.